The van der Waals surface area contributed by atoms with Crippen molar-refractivity contribution in [2.24, 2.45) is 12.5 Å². The van der Waals surface area contributed by atoms with Gasteiger partial charge in [0.1, 0.15) is 11.7 Å². The number of likely N-dealkylation sites (tertiary alicyclic amines) is 2. The van der Waals surface area contributed by atoms with Crippen LogP contribution in [0.4, 0.5) is 0 Å². The van der Waals surface area contributed by atoms with Crippen molar-refractivity contribution >= 4 is 11.8 Å². The molecule has 3 aliphatic rings. The molecule has 0 N–H and O–H groups in total. The van der Waals surface area contributed by atoms with E-state index in [9.17, 15) is 9.59 Å². The van der Waals surface area contributed by atoms with Crippen LogP contribution >= 0.6 is 0 Å². The zero-order chi connectivity index (χ0) is 18.1. The highest BCUT2D eigenvalue weighted by molar-refractivity contribution is 5.96. The molecule has 3 fully saturated rings. The van der Waals surface area contributed by atoms with E-state index in [1.165, 1.54) is 0 Å². The molecule has 1 aromatic heterocycles. The van der Waals surface area contributed by atoms with Crippen LogP contribution in [0.25, 0.3) is 0 Å². The van der Waals surface area contributed by atoms with E-state index in [0.29, 0.717) is 25.5 Å². The van der Waals surface area contributed by atoms with E-state index in [1.807, 2.05) is 9.80 Å². The highest BCUT2D eigenvalue weighted by atomic mass is 16.5. The second-order valence-corrected chi connectivity index (χ2v) is 7.89. The van der Waals surface area contributed by atoms with Crippen LogP contribution in [-0.4, -0.2) is 70.3 Å². The van der Waals surface area contributed by atoms with Crippen molar-refractivity contribution in [1.29, 1.82) is 0 Å². The van der Waals surface area contributed by atoms with Crippen LogP contribution in [0.2, 0.25) is 0 Å². The van der Waals surface area contributed by atoms with Crippen LogP contribution in [-0.2, 0) is 16.6 Å². The maximum Gasteiger partial charge on any atom is 0.275 e. The standard InChI is InChI=1S/C19H28N4O3/c1-21-12-5-15(20-21)17(24)23-11-4-6-19(7-13-26-14-8-19)16(23)18(25)22-9-2-3-10-22/h5,12,16H,2-4,6-11,13-14H2,1H3. The predicted octanol–water partition coefficient (Wildman–Crippen LogP) is 1.44. The molecule has 0 radical (unpaired) electrons. The second kappa shape index (κ2) is 7.02. The zero-order valence-electron chi connectivity index (χ0n) is 15.5. The minimum Gasteiger partial charge on any atom is -0.381 e. The highest BCUT2D eigenvalue weighted by Gasteiger charge is 2.52. The molecule has 2 amide bonds. The number of carbonyl (C=O) groups is 2. The number of aryl methyl sites for hydroxylation is 1. The average Bonchev–Trinajstić information content (AvgIpc) is 3.33. The molecule has 142 valence electrons. The van der Waals surface area contributed by atoms with Crippen LogP contribution in [0.5, 0.6) is 0 Å². The first-order valence-corrected chi connectivity index (χ1v) is 9.78. The van der Waals surface area contributed by atoms with Gasteiger partial charge in [-0.15, -0.1) is 0 Å². The molecule has 0 aromatic carbocycles. The normalized spacial score (nSPS) is 25.7. The molecule has 1 atom stereocenters. The molecule has 1 aromatic rings. The molecule has 4 heterocycles. The monoisotopic (exact) mass is 360 g/mol. The first-order chi connectivity index (χ1) is 12.6. The van der Waals surface area contributed by atoms with E-state index in [-0.39, 0.29) is 23.3 Å². The summed E-state index contributed by atoms with van der Waals surface area (Å²) in [6.45, 7) is 3.61. The van der Waals surface area contributed by atoms with E-state index in [4.69, 9.17) is 4.74 Å². The van der Waals surface area contributed by atoms with Gasteiger partial charge in [0.25, 0.3) is 5.91 Å². The van der Waals surface area contributed by atoms with Crippen molar-refractivity contribution < 1.29 is 14.3 Å². The molecule has 0 aliphatic carbocycles. The maximum atomic E-state index is 13.5. The van der Waals surface area contributed by atoms with E-state index < -0.39 is 0 Å². The van der Waals surface area contributed by atoms with Crippen LogP contribution in [0.3, 0.4) is 0 Å². The Hall–Kier alpha value is -1.89. The molecular weight excluding hydrogens is 332 g/mol. The lowest BCUT2D eigenvalue weighted by Gasteiger charge is -2.51. The Morgan fingerprint density at radius 1 is 1.12 bits per heavy atom. The third kappa shape index (κ3) is 3.02. The average molecular weight is 360 g/mol. The second-order valence-electron chi connectivity index (χ2n) is 7.89. The summed E-state index contributed by atoms with van der Waals surface area (Å²) in [6.07, 6.45) is 7.52. The zero-order valence-corrected chi connectivity index (χ0v) is 15.5. The summed E-state index contributed by atoms with van der Waals surface area (Å²) >= 11 is 0. The summed E-state index contributed by atoms with van der Waals surface area (Å²) < 4.78 is 7.23. The van der Waals surface area contributed by atoms with Gasteiger partial charge in [0, 0.05) is 51.5 Å². The Kier molecular flexibility index (Phi) is 4.73. The number of carbonyl (C=O) groups excluding carboxylic acids is 2. The molecular formula is C19H28N4O3. The number of amides is 2. The van der Waals surface area contributed by atoms with Crippen molar-refractivity contribution in [2.45, 2.75) is 44.6 Å². The maximum absolute atomic E-state index is 13.5. The lowest BCUT2D eigenvalue weighted by molar-refractivity contribution is -0.147. The number of hydrogen-bond donors (Lipinski definition) is 0. The lowest BCUT2D eigenvalue weighted by Crippen LogP contribution is -2.62. The van der Waals surface area contributed by atoms with Crippen LogP contribution in [0, 0.1) is 5.41 Å². The van der Waals surface area contributed by atoms with Gasteiger partial charge in [0.2, 0.25) is 5.91 Å². The van der Waals surface area contributed by atoms with Crippen molar-refractivity contribution in [3.05, 3.63) is 18.0 Å². The van der Waals surface area contributed by atoms with Gasteiger partial charge in [-0.2, -0.15) is 5.10 Å². The van der Waals surface area contributed by atoms with E-state index >= 15 is 0 Å². The highest BCUT2D eigenvalue weighted by Crippen LogP contribution is 2.45. The third-order valence-corrected chi connectivity index (χ3v) is 6.30. The van der Waals surface area contributed by atoms with E-state index in [1.54, 1.807) is 24.0 Å². The fraction of sp³-hybridized carbons (Fsp3) is 0.737. The van der Waals surface area contributed by atoms with Crippen molar-refractivity contribution in [3.8, 4) is 0 Å². The minimum absolute atomic E-state index is 0.117. The largest absolute Gasteiger partial charge is 0.381 e. The summed E-state index contributed by atoms with van der Waals surface area (Å²) in [5.74, 6) is 0.0158. The summed E-state index contributed by atoms with van der Waals surface area (Å²) in [7, 11) is 1.81. The number of rotatable bonds is 2. The van der Waals surface area contributed by atoms with Gasteiger partial charge in [0.05, 0.1) is 0 Å². The molecule has 3 aliphatic heterocycles. The lowest BCUT2D eigenvalue weighted by atomic mass is 9.67. The summed E-state index contributed by atoms with van der Waals surface area (Å²) in [6, 6.07) is 1.36. The topological polar surface area (TPSA) is 67.7 Å². The van der Waals surface area contributed by atoms with Gasteiger partial charge < -0.3 is 14.5 Å². The Morgan fingerprint density at radius 3 is 2.50 bits per heavy atom. The number of nitrogens with zero attached hydrogens (tertiary/aromatic N) is 4. The smallest absolute Gasteiger partial charge is 0.275 e. The molecule has 1 spiro atoms. The third-order valence-electron chi connectivity index (χ3n) is 6.30. The Bertz CT molecular complexity index is 669. The summed E-state index contributed by atoms with van der Waals surface area (Å²) in [5.41, 5.74) is 0.275. The molecule has 7 nitrogen and oxygen atoms in total. The summed E-state index contributed by atoms with van der Waals surface area (Å²) in [4.78, 5) is 30.5. The molecule has 3 saturated heterocycles. The SMILES string of the molecule is Cn1ccc(C(=O)N2CCCC3(CCOCC3)C2C(=O)N2CCCC2)n1. The van der Waals surface area contributed by atoms with Gasteiger partial charge in [-0.25, -0.2) is 0 Å². The fourth-order valence-corrected chi connectivity index (χ4v) is 4.90. The van der Waals surface area contributed by atoms with Crippen molar-refractivity contribution in [2.75, 3.05) is 32.8 Å². The Morgan fingerprint density at radius 2 is 1.85 bits per heavy atom. The number of hydrogen-bond acceptors (Lipinski definition) is 4. The Labute approximate surface area is 154 Å². The van der Waals surface area contributed by atoms with E-state index in [2.05, 4.69) is 5.10 Å². The minimum atomic E-state index is -0.382. The molecule has 7 heteroatoms. The van der Waals surface area contributed by atoms with Crippen molar-refractivity contribution in [1.82, 2.24) is 19.6 Å². The number of aromatic nitrogens is 2. The van der Waals surface area contributed by atoms with Crippen LogP contribution in [0.15, 0.2) is 12.3 Å². The van der Waals surface area contributed by atoms with Gasteiger partial charge in [-0.3, -0.25) is 14.3 Å². The van der Waals surface area contributed by atoms with Crippen molar-refractivity contribution in [3.63, 3.8) is 0 Å². The molecule has 26 heavy (non-hydrogen) atoms. The van der Waals surface area contributed by atoms with Gasteiger partial charge in [0.15, 0.2) is 0 Å². The summed E-state index contributed by atoms with van der Waals surface area (Å²) in [5, 5.41) is 4.29. The van der Waals surface area contributed by atoms with Crippen LogP contribution in [0.1, 0.15) is 49.0 Å². The number of ether oxygens (including phenoxy) is 1. The van der Waals surface area contributed by atoms with E-state index in [0.717, 1.165) is 51.6 Å². The molecule has 0 saturated carbocycles. The first-order valence-electron chi connectivity index (χ1n) is 9.78. The van der Waals surface area contributed by atoms with Crippen LogP contribution < -0.4 is 0 Å². The first kappa shape index (κ1) is 17.5. The number of piperidine rings is 1. The predicted molar refractivity (Wildman–Crippen MR) is 95.6 cm³/mol. The molecule has 0 bridgehead atoms. The molecule has 1 unspecified atom stereocenters. The molecule has 4 rings (SSSR count). The quantitative estimate of drug-likeness (QED) is 0.800. The fourth-order valence-electron chi connectivity index (χ4n) is 4.90. The van der Waals surface area contributed by atoms with Gasteiger partial charge in [-0.1, -0.05) is 0 Å². The Balaban J connectivity index is 1.68. The van der Waals surface area contributed by atoms with Gasteiger partial charge in [-0.05, 0) is 44.6 Å². The van der Waals surface area contributed by atoms with Gasteiger partial charge >= 0.3 is 0 Å².